The highest BCUT2D eigenvalue weighted by Gasteiger charge is 2.21. The Kier molecular flexibility index (Phi) is 6.26. The van der Waals surface area contributed by atoms with Crippen molar-refractivity contribution < 1.29 is 28.2 Å². The molecule has 0 radical (unpaired) electrons. The summed E-state index contributed by atoms with van der Waals surface area (Å²) in [7, 11) is 3.05. The Morgan fingerprint density at radius 2 is 1.69 bits per heavy atom. The van der Waals surface area contributed by atoms with Gasteiger partial charge in [-0.1, -0.05) is 36.4 Å². The molecule has 3 aromatic carbocycles. The van der Waals surface area contributed by atoms with E-state index in [1.54, 1.807) is 6.07 Å². The number of aromatic nitrogens is 1. The number of carbonyl (C=O) groups excluding carboxylic acids is 2. The maximum Gasteiger partial charge on any atom is 0.340 e. The van der Waals surface area contributed by atoms with E-state index in [4.69, 9.17) is 18.6 Å². The molecule has 8 nitrogen and oxygen atoms in total. The summed E-state index contributed by atoms with van der Waals surface area (Å²) >= 11 is 0. The molecule has 2 heterocycles. The zero-order valence-corrected chi connectivity index (χ0v) is 20.1. The average Bonchev–Trinajstić information content (AvgIpc) is 3.24. The summed E-state index contributed by atoms with van der Waals surface area (Å²) in [6.45, 7) is 1.48. The first-order valence-electron chi connectivity index (χ1n) is 11.3. The number of hydrogen-bond donors (Lipinski definition) is 1. The third kappa shape index (κ3) is 4.23. The summed E-state index contributed by atoms with van der Waals surface area (Å²) < 4.78 is 22.0. The van der Waals surface area contributed by atoms with Gasteiger partial charge in [0.25, 0.3) is 5.91 Å². The van der Waals surface area contributed by atoms with Gasteiger partial charge in [-0.2, -0.15) is 0 Å². The number of aryl methyl sites for hydroxylation is 1. The molecule has 36 heavy (non-hydrogen) atoms. The fourth-order valence-electron chi connectivity index (χ4n) is 4.36. The van der Waals surface area contributed by atoms with Crippen LogP contribution in [-0.4, -0.2) is 37.7 Å². The molecular weight excluding hydrogens is 460 g/mol. The Morgan fingerprint density at radius 3 is 2.47 bits per heavy atom. The SMILES string of the molecule is COCc1nc2ccccc2c(C)c1C(=O)OCC(=O)Nc1cc2oc3ccccc3c2cc1OC. The molecule has 0 atom stereocenters. The minimum atomic E-state index is -0.646. The number of amides is 1. The Balaban J connectivity index is 1.36. The van der Waals surface area contributed by atoms with Crippen LogP contribution in [0, 0.1) is 6.92 Å². The lowest BCUT2D eigenvalue weighted by atomic mass is 10.0. The molecule has 0 saturated carbocycles. The quantitative estimate of drug-likeness (QED) is 0.309. The third-order valence-electron chi connectivity index (χ3n) is 6.02. The summed E-state index contributed by atoms with van der Waals surface area (Å²) in [5.41, 5.74) is 3.97. The fraction of sp³-hybridized carbons (Fsp3) is 0.179. The number of nitrogens with zero attached hydrogens (tertiary/aromatic N) is 1. The van der Waals surface area contributed by atoms with Crippen molar-refractivity contribution in [2.75, 3.05) is 26.1 Å². The van der Waals surface area contributed by atoms with Gasteiger partial charge < -0.3 is 23.9 Å². The van der Waals surface area contributed by atoms with E-state index in [1.807, 2.05) is 61.5 Å². The number of pyridine rings is 1. The third-order valence-corrected chi connectivity index (χ3v) is 6.02. The Hall–Kier alpha value is -4.43. The van der Waals surface area contributed by atoms with Gasteiger partial charge in [0.1, 0.15) is 16.9 Å². The number of fused-ring (bicyclic) bond motifs is 4. The van der Waals surface area contributed by atoms with Gasteiger partial charge in [0.05, 0.1) is 36.2 Å². The number of para-hydroxylation sites is 2. The summed E-state index contributed by atoms with van der Waals surface area (Å²) in [6, 6.07) is 18.7. The fourth-order valence-corrected chi connectivity index (χ4v) is 4.36. The maximum atomic E-state index is 13.0. The first-order chi connectivity index (χ1) is 17.5. The van der Waals surface area contributed by atoms with Crippen LogP contribution in [-0.2, 0) is 20.9 Å². The smallest absolute Gasteiger partial charge is 0.340 e. The number of furan rings is 1. The predicted octanol–water partition coefficient (Wildman–Crippen LogP) is 5.39. The van der Waals surface area contributed by atoms with Gasteiger partial charge in [0.15, 0.2) is 6.61 Å². The van der Waals surface area contributed by atoms with E-state index in [0.717, 1.165) is 32.8 Å². The van der Waals surface area contributed by atoms with Gasteiger partial charge in [-0.15, -0.1) is 0 Å². The Bertz CT molecular complexity index is 1620. The largest absolute Gasteiger partial charge is 0.495 e. The Morgan fingerprint density at radius 1 is 0.944 bits per heavy atom. The van der Waals surface area contributed by atoms with Gasteiger partial charge in [-0.25, -0.2) is 9.78 Å². The minimum absolute atomic E-state index is 0.136. The highest BCUT2D eigenvalue weighted by Crippen LogP contribution is 2.36. The van der Waals surface area contributed by atoms with Crippen LogP contribution in [0.4, 0.5) is 5.69 Å². The minimum Gasteiger partial charge on any atom is -0.495 e. The zero-order valence-electron chi connectivity index (χ0n) is 20.1. The summed E-state index contributed by atoms with van der Waals surface area (Å²) in [6.07, 6.45) is 0. The van der Waals surface area contributed by atoms with E-state index >= 15 is 0 Å². The molecule has 1 N–H and O–H groups in total. The van der Waals surface area contributed by atoms with Crippen molar-refractivity contribution in [2.45, 2.75) is 13.5 Å². The number of ether oxygens (including phenoxy) is 3. The summed E-state index contributed by atoms with van der Waals surface area (Å²) in [4.78, 5) is 30.3. The normalized spacial score (nSPS) is 11.2. The van der Waals surface area contributed by atoms with Crippen molar-refractivity contribution in [3.63, 3.8) is 0 Å². The van der Waals surface area contributed by atoms with Crippen molar-refractivity contribution >= 4 is 50.4 Å². The number of esters is 1. The number of benzene rings is 3. The van der Waals surface area contributed by atoms with E-state index in [2.05, 4.69) is 10.3 Å². The molecule has 0 aliphatic heterocycles. The second-order valence-electron chi connectivity index (χ2n) is 8.28. The van der Waals surface area contributed by atoms with Crippen molar-refractivity contribution in [1.82, 2.24) is 4.98 Å². The first-order valence-corrected chi connectivity index (χ1v) is 11.3. The van der Waals surface area contributed by atoms with E-state index in [0.29, 0.717) is 28.3 Å². The van der Waals surface area contributed by atoms with Crippen LogP contribution in [0.3, 0.4) is 0 Å². The van der Waals surface area contributed by atoms with Crippen molar-refractivity contribution in [2.24, 2.45) is 0 Å². The van der Waals surface area contributed by atoms with Gasteiger partial charge in [0.2, 0.25) is 0 Å². The van der Waals surface area contributed by atoms with Crippen molar-refractivity contribution in [3.8, 4) is 5.75 Å². The maximum absolute atomic E-state index is 13.0. The number of methoxy groups -OCH3 is 2. The van der Waals surface area contributed by atoms with Gasteiger partial charge in [-0.3, -0.25) is 4.79 Å². The first kappa shape index (κ1) is 23.3. The molecule has 0 bridgehead atoms. The number of rotatable bonds is 7. The molecule has 0 unspecified atom stereocenters. The molecule has 8 heteroatoms. The van der Waals surface area contributed by atoms with Crippen LogP contribution in [0.25, 0.3) is 32.8 Å². The van der Waals surface area contributed by atoms with Crippen molar-refractivity contribution in [1.29, 1.82) is 0 Å². The lowest BCUT2D eigenvalue weighted by Crippen LogP contribution is -2.22. The molecule has 182 valence electrons. The second kappa shape index (κ2) is 9.67. The lowest BCUT2D eigenvalue weighted by molar-refractivity contribution is -0.119. The predicted molar refractivity (Wildman–Crippen MR) is 136 cm³/mol. The highest BCUT2D eigenvalue weighted by atomic mass is 16.5. The van der Waals surface area contributed by atoms with Crippen LogP contribution < -0.4 is 10.1 Å². The van der Waals surface area contributed by atoms with Gasteiger partial charge in [0, 0.05) is 29.3 Å². The standard InChI is InChI=1S/C28H24N2O6/c1-16-17-8-4-6-10-20(17)29-22(14-33-2)27(16)28(32)35-15-26(31)30-21-13-24-19(12-25(21)34-3)18-9-5-7-11-23(18)36-24/h4-13H,14-15H2,1-3H3,(H,30,31). The molecule has 0 aliphatic carbocycles. The van der Waals surface area contributed by atoms with Crippen LogP contribution in [0.1, 0.15) is 21.6 Å². The molecule has 1 amide bonds. The lowest BCUT2D eigenvalue weighted by Gasteiger charge is -2.14. The molecule has 0 aliphatic rings. The Labute approximate surface area is 206 Å². The second-order valence-corrected chi connectivity index (χ2v) is 8.28. The highest BCUT2D eigenvalue weighted by molar-refractivity contribution is 6.08. The van der Waals surface area contributed by atoms with E-state index in [-0.39, 0.29) is 6.61 Å². The number of nitrogens with one attached hydrogen (secondary N) is 1. The monoisotopic (exact) mass is 484 g/mol. The molecular formula is C28H24N2O6. The summed E-state index contributed by atoms with van der Waals surface area (Å²) in [5, 5.41) is 5.40. The zero-order chi connectivity index (χ0) is 25.2. The molecule has 2 aromatic heterocycles. The molecule has 0 spiro atoms. The van der Waals surface area contributed by atoms with Crippen LogP contribution in [0.5, 0.6) is 5.75 Å². The van der Waals surface area contributed by atoms with Crippen LogP contribution in [0.15, 0.2) is 65.1 Å². The molecule has 0 fully saturated rings. The topological polar surface area (TPSA) is 99.9 Å². The van der Waals surface area contributed by atoms with Crippen LogP contribution >= 0.6 is 0 Å². The van der Waals surface area contributed by atoms with Gasteiger partial charge in [-0.05, 0) is 30.7 Å². The number of anilines is 1. The summed E-state index contributed by atoms with van der Waals surface area (Å²) in [5.74, 6) is -0.699. The van der Waals surface area contributed by atoms with E-state index in [9.17, 15) is 9.59 Å². The molecule has 0 saturated heterocycles. The average molecular weight is 485 g/mol. The van der Waals surface area contributed by atoms with E-state index in [1.165, 1.54) is 14.2 Å². The van der Waals surface area contributed by atoms with Crippen molar-refractivity contribution in [3.05, 3.63) is 77.5 Å². The number of hydrogen-bond acceptors (Lipinski definition) is 7. The van der Waals surface area contributed by atoms with Crippen LogP contribution in [0.2, 0.25) is 0 Å². The molecule has 5 aromatic rings. The van der Waals surface area contributed by atoms with E-state index < -0.39 is 18.5 Å². The number of carbonyl (C=O) groups is 2. The van der Waals surface area contributed by atoms with Gasteiger partial charge >= 0.3 is 5.97 Å². The molecule has 5 rings (SSSR count).